The average Bonchev–Trinajstić information content (AvgIpc) is 2.72. The molecule has 31 heavy (non-hydrogen) atoms. The smallest absolute Gasteiger partial charge is 0.373 e. The first kappa shape index (κ1) is 28.1. The van der Waals surface area contributed by atoms with E-state index in [0.29, 0.717) is 5.57 Å². The number of allylic oxidation sites excluding steroid dienone is 9. The van der Waals surface area contributed by atoms with Gasteiger partial charge in [-0.2, -0.15) is 13.2 Å². The molecule has 0 aliphatic carbocycles. The quantitative estimate of drug-likeness (QED) is 0.362. The summed E-state index contributed by atoms with van der Waals surface area (Å²) in [6.07, 6.45) is 10.7. The summed E-state index contributed by atoms with van der Waals surface area (Å²) in [5, 5.41) is 10.2. The second-order valence-electron chi connectivity index (χ2n) is 6.58. The molecule has 0 heterocycles. The Labute approximate surface area is 184 Å². The number of rotatable bonds is 7. The van der Waals surface area contributed by atoms with E-state index in [1.54, 1.807) is 45.2 Å². The number of aliphatic imine (C=N–C) groups is 1. The highest BCUT2D eigenvalue weighted by Crippen LogP contribution is 2.38. The fourth-order valence-corrected chi connectivity index (χ4v) is 2.24. The van der Waals surface area contributed by atoms with Crippen LogP contribution in [-0.2, 0) is 0 Å². The number of hydrogen-bond donors (Lipinski definition) is 1. The highest BCUT2D eigenvalue weighted by atomic mass is 19.4. The van der Waals surface area contributed by atoms with Gasteiger partial charge in [-0.15, -0.1) is 0 Å². The van der Waals surface area contributed by atoms with Crippen LogP contribution < -0.4 is 0 Å². The van der Waals surface area contributed by atoms with Gasteiger partial charge in [0.05, 0.1) is 0 Å². The van der Waals surface area contributed by atoms with Gasteiger partial charge in [-0.3, -0.25) is 4.99 Å². The second-order valence-corrected chi connectivity index (χ2v) is 6.58. The summed E-state index contributed by atoms with van der Waals surface area (Å²) in [5.41, 5.74) is -1.28. The van der Waals surface area contributed by atoms with Crippen molar-refractivity contribution < 1.29 is 18.3 Å². The van der Waals surface area contributed by atoms with Crippen molar-refractivity contribution in [1.82, 2.24) is 0 Å². The molecule has 168 valence electrons. The van der Waals surface area contributed by atoms with E-state index in [0.717, 1.165) is 6.08 Å². The van der Waals surface area contributed by atoms with Gasteiger partial charge in [0.15, 0.2) is 0 Å². The van der Waals surface area contributed by atoms with Gasteiger partial charge in [0, 0.05) is 13.3 Å². The Balaban J connectivity index is 0.00000107. The first-order valence-corrected chi connectivity index (χ1v) is 9.84. The zero-order chi connectivity index (χ0) is 23.8. The zero-order valence-electron chi connectivity index (χ0n) is 18.8. The third-order valence-corrected chi connectivity index (χ3v) is 4.00. The lowest BCUT2D eigenvalue weighted by atomic mass is 9.91. The topological polar surface area (TPSA) is 32.6 Å². The maximum absolute atomic E-state index is 13.4. The largest absolute Gasteiger partial charge is 0.425 e. The minimum atomic E-state index is -4.84. The summed E-state index contributed by atoms with van der Waals surface area (Å²) >= 11 is 0. The molecule has 0 bridgehead atoms. The molecule has 0 spiro atoms. The monoisotopic (exact) mass is 431 g/mol. The van der Waals surface area contributed by atoms with E-state index in [1.165, 1.54) is 49.1 Å². The lowest BCUT2D eigenvalue weighted by molar-refractivity contribution is -0.223. The predicted molar refractivity (Wildman–Crippen MR) is 126 cm³/mol. The van der Waals surface area contributed by atoms with Gasteiger partial charge in [-0.1, -0.05) is 84.5 Å². The van der Waals surface area contributed by atoms with Crippen LogP contribution in [0.3, 0.4) is 0 Å². The molecule has 0 aromatic heterocycles. The number of nitrogens with zero attached hydrogens (tertiary/aromatic N) is 1. The third-order valence-electron chi connectivity index (χ3n) is 4.00. The van der Waals surface area contributed by atoms with Crippen LogP contribution in [0.25, 0.3) is 0 Å². The lowest BCUT2D eigenvalue weighted by Crippen LogP contribution is -2.44. The van der Waals surface area contributed by atoms with Gasteiger partial charge in [-0.25, -0.2) is 0 Å². The SMILES string of the molecule is C\C=C/C=C\C=C\C(O)(C(/C=C\C(C)=C\C=NC)=C/C)C(F)(F)F.Cc1ccccc1. The van der Waals surface area contributed by atoms with Crippen molar-refractivity contribution in [1.29, 1.82) is 0 Å². The Morgan fingerprint density at radius 2 is 1.58 bits per heavy atom. The third kappa shape index (κ3) is 11.2. The fourth-order valence-electron chi connectivity index (χ4n) is 2.24. The van der Waals surface area contributed by atoms with Crippen molar-refractivity contribution in [3.63, 3.8) is 0 Å². The van der Waals surface area contributed by atoms with Crippen LogP contribution in [-0.4, -0.2) is 30.1 Å². The van der Waals surface area contributed by atoms with Crippen molar-refractivity contribution in [2.75, 3.05) is 7.05 Å². The van der Waals surface area contributed by atoms with Gasteiger partial charge < -0.3 is 5.11 Å². The minimum absolute atomic E-state index is 0.258. The fraction of sp³-hybridized carbons (Fsp3) is 0.269. The first-order valence-electron chi connectivity index (χ1n) is 9.84. The molecule has 1 aromatic carbocycles. The first-order chi connectivity index (χ1) is 14.6. The molecule has 1 aromatic rings. The number of alkyl halides is 3. The molecular formula is C26H32F3NO. The summed E-state index contributed by atoms with van der Waals surface area (Å²) in [5.74, 6) is 0. The van der Waals surface area contributed by atoms with E-state index < -0.39 is 11.8 Å². The van der Waals surface area contributed by atoms with Gasteiger partial charge >= 0.3 is 6.18 Å². The molecule has 0 aliphatic heterocycles. The molecule has 0 aliphatic rings. The summed E-state index contributed by atoms with van der Waals surface area (Å²) in [7, 11) is 1.60. The van der Waals surface area contributed by atoms with E-state index in [9.17, 15) is 18.3 Å². The summed E-state index contributed by atoms with van der Waals surface area (Å²) < 4.78 is 40.2. The molecule has 0 amide bonds. The molecule has 5 heteroatoms. The summed E-state index contributed by atoms with van der Waals surface area (Å²) in [6, 6.07) is 10.3. The van der Waals surface area contributed by atoms with Crippen LogP contribution in [0.5, 0.6) is 0 Å². The summed E-state index contributed by atoms with van der Waals surface area (Å²) in [6.45, 7) is 7.06. The number of hydrogen-bond acceptors (Lipinski definition) is 2. The zero-order valence-corrected chi connectivity index (χ0v) is 18.8. The van der Waals surface area contributed by atoms with Crippen LogP contribution in [0.1, 0.15) is 26.3 Å². The number of aryl methyl sites for hydroxylation is 1. The minimum Gasteiger partial charge on any atom is -0.373 e. The van der Waals surface area contributed by atoms with E-state index in [1.807, 2.05) is 18.2 Å². The Hall–Kier alpha value is -2.92. The Morgan fingerprint density at radius 1 is 0.968 bits per heavy atom. The molecule has 1 rings (SSSR count). The Kier molecular flexibility index (Phi) is 13.6. The highest BCUT2D eigenvalue weighted by molar-refractivity contribution is 5.72. The maximum Gasteiger partial charge on any atom is 0.425 e. The molecule has 0 radical (unpaired) electrons. The lowest BCUT2D eigenvalue weighted by Gasteiger charge is -2.28. The van der Waals surface area contributed by atoms with Gasteiger partial charge in [0.2, 0.25) is 5.60 Å². The number of aliphatic hydroxyl groups is 1. The molecule has 1 atom stereocenters. The van der Waals surface area contributed by atoms with Crippen molar-refractivity contribution in [3.05, 3.63) is 108 Å². The number of halogens is 3. The van der Waals surface area contributed by atoms with Crippen LogP contribution in [0, 0.1) is 6.92 Å². The molecular weight excluding hydrogens is 399 g/mol. The molecule has 0 fully saturated rings. The van der Waals surface area contributed by atoms with E-state index in [4.69, 9.17) is 0 Å². The highest BCUT2D eigenvalue weighted by Gasteiger charge is 2.53. The molecule has 1 unspecified atom stereocenters. The number of benzene rings is 1. The van der Waals surface area contributed by atoms with Crippen LogP contribution in [0.15, 0.2) is 107 Å². The molecule has 1 N–H and O–H groups in total. The normalized spacial score (nSPS) is 15.9. The van der Waals surface area contributed by atoms with Gasteiger partial charge in [0.25, 0.3) is 0 Å². The standard InChI is InChI=1S/C19H24F3NO.C7H8/c1-5-7-8-9-10-14-18(24,19(20,21)22)17(6-2)12-11-16(3)13-15-23-4;1-7-5-3-2-4-6-7/h5-15,24H,1-4H3;2-6H,1H3/b7-5-,9-8-,12-11-,14-10+,16-13+,17-6+,23-15?;. The molecule has 0 saturated carbocycles. The van der Waals surface area contributed by atoms with Crippen LogP contribution in [0.4, 0.5) is 13.2 Å². The summed E-state index contributed by atoms with van der Waals surface area (Å²) in [4.78, 5) is 3.77. The van der Waals surface area contributed by atoms with Crippen molar-refractivity contribution in [2.45, 2.75) is 39.5 Å². The van der Waals surface area contributed by atoms with Gasteiger partial charge in [0.1, 0.15) is 0 Å². The Morgan fingerprint density at radius 3 is 2.03 bits per heavy atom. The maximum atomic E-state index is 13.4. The second kappa shape index (κ2) is 15.0. The van der Waals surface area contributed by atoms with E-state index in [-0.39, 0.29) is 5.57 Å². The van der Waals surface area contributed by atoms with Gasteiger partial charge in [-0.05, 0) is 51.0 Å². The van der Waals surface area contributed by atoms with E-state index in [2.05, 4.69) is 24.0 Å². The van der Waals surface area contributed by atoms with Crippen LogP contribution >= 0.6 is 0 Å². The van der Waals surface area contributed by atoms with Crippen molar-refractivity contribution >= 4 is 6.21 Å². The predicted octanol–water partition coefficient (Wildman–Crippen LogP) is 7.11. The average molecular weight is 432 g/mol. The Bertz CT molecular complexity index is 841. The van der Waals surface area contributed by atoms with E-state index >= 15 is 0 Å². The van der Waals surface area contributed by atoms with Crippen molar-refractivity contribution in [3.8, 4) is 0 Å². The van der Waals surface area contributed by atoms with Crippen molar-refractivity contribution in [2.24, 2.45) is 4.99 Å². The molecule has 2 nitrogen and oxygen atoms in total. The van der Waals surface area contributed by atoms with Crippen LogP contribution in [0.2, 0.25) is 0 Å². The molecule has 0 saturated heterocycles.